The SMILES string of the molecule is O=C1OC(c2ccccc2)C(I)=C1Cl. The molecule has 2 nitrogen and oxygen atoms in total. The molecule has 1 aliphatic rings. The minimum atomic E-state index is -0.440. The van der Waals surface area contributed by atoms with Crippen molar-refractivity contribution in [2.24, 2.45) is 0 Å². The van der Waals surface area contributed by atoms with Gasteiger partial charge in [-0.1, -0.05) is 41.9 Å². The van der Waals surface area contributed by atoms with Crippen molar-refractivity contribution in [1.29, 1.82) is 0 Å². The molecule has 4 heteroatoms. The standard InChI is InChI=1S/C10H6ClIO2/c11-7-8(12)9(14-10(7)13)6-4-2-1-3-5-6/h1-5,9H. The maximum atomic E-state index is 11.2. The third-order valence-electron chi connectivity index (χ3n) is 1.95. The molecule has 0 amide bonds. The minimum Gasteiger partial charge on any atom is -0.448 e. The molecule has 2 rings (SSSR count). The molecule has 0 saturated heterocycles. The first-order valence-corrected chi connectivity index (χ1v) is 5.47. The average molecular weight is 321 g/mol. The second-order valence-electron chi connectivity index (χ2n) is 2.86. The van der Waals surface area contributed by atoms with Crippen molar-refractivity contribution in [3.8, 4) is 0 Å². The highest BCUT2D eigenvalue weighted by Crippen LogP contribution is 2.40. The molecule has 0 radical (unpaired) electrons. The number of benzene rings is 1. The number of ether oxygens (including phenoxy) is 1. The van der Waals surface area contributed by atoms with Crippen molar-refractivity contribution >= 4 is 40.2 Å². The third kappa shape index (κ3) is 1.66. The van der Waals surface area contributed by atoms with Crippen LogP contribution in [0.15, 0.2) is 38.9 Å². The monoisotopic (exact) mass is 320 g/mol. The Labute approximate surface area is 100 Å². The van der Waals surface area contributed by atoms with E-state index in [0.29, 0.717) is 0 Å². The molecule has 1 aliphatic heterocycles. The molecule has 1 aromatic carbocycles. The number of hydrogen-bond acceptors (Lipinski definition) is 2. The summed E-state index contributed by atoms with van der Waals surface area (Å²) in [6.07, 6.45) is -0.322. The highest BCUT2D eigenvalue weighted by atomic mass is 127. The van der Waals surface area contributed by atoms with Gasteiger partial charge in [0.05, 0.1) is 3.58 Å². The van der Waals surface area contributed by atoms with Gasteiger partial charge in [0.25, 0.3) is 0 Å². The first kappa shape index (κ1) is 9.98. The third-order valence-corrected chi connectivity index (χ3v) is 3.73. The molecular weight excluding hydrogens is 314 g/mol. The van der Waals surface area contributed by atoms with E-state index in [9.17, 15) is 4.79 Å². The fraction of sp³-hybridized carbons (Fsp3) is 0.100. The Hall–Kier alpha value is -0.550. The van der Waals surface area contributed by atoms with Crippen molar-refractivity contribution in [3.05, 3.63) is 44.5 Å². The van der Waals surface area contributed by atoms with Crippen molar-refractivity contribution in [2.75, 3.05) is 0 Å². The van der Waals surface area contributed by atoms with Gasteiger partial charge < -0.3 is 4.74 Å². The predicted molar refractivity (Wildman–Crippen MR) is 62.2 cm³/mol. The van der Waals surface area contributed by atoms with Crippen LogP contribution in [0.2, 0.25) is 0 Å². The number of halogens is 2. The van der Waals surface area contributed by atoms with Crippen LogP contribution >= 0.6 is 34.2 Å². The Morgan fingerprint density at radius 2 is 1.93 bits per heavy atom. The summed E-state index contributed by atoms with van der Waals surface area (Å²) in [5.74, 6) is -0.440. The molecule has 1 atom stereocenters. The maximum absolute atomic E-state index is 11.2. The van der Waals surface area contributed by atoms with Crippen molar-refractivity contribution in [1.82, 2.24) is 0 Å². The van der Waals surface area contributed by atoms with Crippen LogP contribution in [0.5, 0.6) is 0 Å². The average Bonchev–Trinajstić information content (AvgIpc) is 2.47. The molecule has 0 bridgehead atoms. The first-order chi connectivity index (χ1) is 6.70. The molecule has 0 fully saturated rings. The van der Waals surface area contributed by atoms with E-state index in [1.807, 2.05) is 52.9 Å². The summed E-state index contributed by atoms with van der Waals surface area (Å²) < 4.78 is 5.87. The van der Waals surface area contributed by atoms with Crippen LogP contribution in [-0.2, 0) is 9.53 Å². The lowest BCUT2D eigenvalue weighted by molar-refractivity contribution is -0.139. The Morgan fingerprint density at radius 1 is 1.29 bits per heavy atom. The minimum absolute atomic E-state index is 0.194. The van der Waals surface area contributed by atoms with Gasteiger partial charge in [-0.2, -0.15) is 0 Å². The highest BCUT2D eigenvalue weighted by molar-refractivity contribution is 14.1. The van der Waals surface area contributed by atoms with E-state index in [2.05, 4.69) is 0 Å². The van der Waals surface area contributed by atoms with Crippen LogP contribution in [0, 0.1) is 0 Å². The summed E-state index contributed by atoms with van der Waals surface area (Å²) in [6.45, 7) is 0. The molecule has 0 N–H and O–H groups in total. The number of esters is 1. The summed E-state index contributed by atoms with van der Waals surface area (Å²) >= 11 is 7.80. The van der Waals surface area contributed by atoms with Gasteiger partial charge in [0.15, 0.2) is 6.10 Å². The van der Waals surface area contributed by atoms with Crippen molar-refractivity contribution in [2.45, 2.75) is 6.10 Å². The molecule has 14 heavy (non-hydrogen) atoms. The fourth-order valence-corrected chi connectivity index (χ4v) is 2.12. The number of carbonyl (C=O) groups excluding carboxylic acids is 1. The van der Waals surface area contributed by atoms with Crippen LogP contribution in [0.3, 0.4) is 0 Å². The highest BCUT2D eigenvalue weighted by Gasteiger charge is 2.32. The lowest BCUT2D eigenvalue weighted by atomic mass is 10.1. The van der Waals surface area contributed by atoms with E-state index in [-0.39, 0.29) is 11.1 Å². The van der Waals surface area contributed by atoms with E-state index < -0.39 is 5.97 Å². The lowest BCUT2D eigenvalue weighted by Crippen LogP contribution is -2.01. The second kappa shape index (κ2) is 3.90. The molecule has 0 saturated carbocycles. The van der Waals surface area contributed by atoms with Crippen LogP contribution in [0.4, 0.5) is 0 Å². The Morgan fingerprint density at radius 3 is 2.43 bits per heavy atom. The largest absolute Gasteiger partial charge is 0.448 e. The van der Waals surface area contributed by atoms with Gasteiger partial charge in [0, 0.05) is 0 Å². The van der Waals surface area contributed by atoms with E-state index in [1.54, 1.807) is 0 Å². The van der Waals surface area contributed by atoms with Gasteiger partial charge in [0.2, 0.25) is 0 Å². The predicted octanol–water partition coefficient (Wildman–Crippen LogP) is 3.17. The van der Waals surface area contributed by atoms with Crippen molar-refractivity contribution in [3.63, 3.8) is 0 Å². The fourth-order valence-electron chi connectivity index (χ4n) is 1.27. The number of hydrogen-bond donors (Lipinski definition) is 0. The Kier molecular flexibility index (Phi) is 2.78. The molecule has 0 spiro atoms. The zero-order chi connectivity index (χ0) is 10.1. The summed E-state index contributed by atoms with van der Waals surface area (Å²) in [4.78, 5) is 11.2. The number of carbonyl (C=O) groups is 1. The van der Waals surface area contributed by atoms with E-state index in [4.69, 9.17) is 16.3 Å². The lowest BCUT2D eigenvalue weighted by Gasteiger charge is -2.09. The van der Waals surface area contributed by atoms with Gasteiger partial charge in [-0.3, -0.25) is 0 Å². The molecule has 0 aliphatic carbocycles. The first-order valence-electron chi connectivity index (χ1n) is 4.01. The molecule has 1 aromatic rings. The summed E-state index contributed by atoms with van der Waals surface area (Å²) in [6, 6.07) is 9.54. The zero-order valence-corrected chi connectivity index (χ0v) is 9.95. The number of cyclic esters (lactones) is 1. The maximum Gasteiger partial charge on any atom is 0.351 e. The molecule has 72 valence electrons. The van der Waals surface area contributed by atoms with Gasteiger partial charge in [-0.05, 0) is 28.2 Å². The van der Waals surface area contributed by atoms with Crippen LogP contribution in [0.25, 0.3) is 0 Å². The summed E-state index contributed by atoms with van der Waals surface area (Å²) in [5.41, 5.74) is 0.945. The summed E-state index contributed by atoms with van der Waals surface area (Å²) in [5, 5.41) is 0.194. The smallest absolute Gasteiger partial charge is 0.351 e. The van der Waals surface area contributed by atoms with Gasteiger partial charge in [-0.15, -0.1) is 0 Å². The van der Waals surface area contributed by atoms with Crippen LogP contribution in [-0.4, -0.2) is 5.97 Å². The van der Waals surface area contributed by atoms with Crippen molar-refractivity contribution < 1.29 is 9.53 Å². The van der Waals surface area contributed by atoms with Gasteiger partial charge in [0.1, 0.15) is 5.03 Å². The Bertz CT molecular complexity index is 400. The van der Waals surface area contributed by atoms with Gasteiger partial charge >= 0.3 is 5.97 Å². The normalized spacial score (nSPS) is 21.3. The number of rotatable bonds is 1. The van der Waals surface area contributed by atoms with E-state index in [1.165, 1.54) is 0 Å². The molecule has 1 unspecified atom stereocenters. The van der Waals surface area contributed by atoms with E-state index >= 15 is 0 Å². The van der Waals surface area contributed by atoms with E-state index in [0.717, 1.165) is 9.14 Å². The summed E-state index contributed by atoms with van der Waals surface area (Å²) in [7, 11) is 0. The Balaban J connectivity index is 2.36. The van der Waals surface area contributed by atoms with Crippen LogP contribution in [0.1, 0.15) is 11.7 Å². The molecular formula is C10H6ClIO2. The second-order valence-corrected chi connectivity index (χ2v) is 4.40. The molecule has 1 heterocycles. The quantitative estimate of drug-likeness (QED) is 0.587. The topological polar surface area (TPSA) is 26.3 Å². The molecule has 0 aromatic heterocycles. The van der Waals surface area contributed by atoms with Gasteiger partial charge in [-0.25, -0.2) is 4.79 Å². The zero-order valence-electron chi connectivity index (χ0n) is 7.04. The van der Waals surface area contributed by atoms with Crippen LogP contribution < -0.4 is 0 Å².